The lowest BCUT2D eigenvalue weighted by Crippen LogP contribution is -2.05. The maximum Gasteiger partial charge on any atom is 0.0910 e. The maximum absolute atomic E-state index is 5.57. The Hall–Kier alpha value is -2.20. The van der Waals surface area contributed by atoms with E-state index in [1.165, 1.54) is 10.9 Å². The summed E-state index contributed by atoms with van der Waals surface area (Å²) in [6, 6.07) is 6.23. The summed E-state index contributed by atoms with van der Waals surface area (Å²) in [4.78, 5) is 12.2. The van der Waals surface area contributed by atoms with Crippen LogP contribution in [0.3, 0.4) is 0 Å². The van der Waals surface area contributed by atoms with E-state index in [2.05, 4.69) is 40.1 Å². The molecular formula is C15H16N4. The molecular weight excluding hydrogens is 236 g/mol. The molecule has 0 saturated heterocycles. The average Bonchev–Trinajstić information content (AvgIpc) is 2.85. The normalized spacial score (nSPS) is 11.1. The van der Waals surface area contributed by atoms with E-state index in [0.29, 0.717) is 6.54 Å². The van der Waals surface area contributed by atoms with Gasteiger partial charge in [-0.1, -0.05) is 12.1 Å². The minimum absolute atomic E-state index is 0.588. The largest absolute Gasteiger partial charge is 0.360 e. The summed E-state index contributed by atoms with van der Waals surface area (Å²) in [6.45, 7) is 2.70. The summed E-state index contributed by atoms with van der Waals surface area (Å²) < 4.78 is 0. The standard InChI is InChI=1S/C15H16N4/c1-10-3-2-4-13-15(10)12(8-18-13)14-9-17-7-11(19-14)5-6-16/h2-4,7-9,18H,5-6,16H2,1H3. The summed E-state index contributed by atoms with van der Waals surface area (Å²) in [5, 5.41) is 1.21. The molecule has 0 fully saturated rings. The van der Waals surface area contributed by atoms with Crippen molar-refractivity contribution in [3.05, 3.63) is 48.0 Å². The molecule has 3 rings (SSSR count). The van der Waals surface area contributed by atoms with E-state index in [9.17, 15) is 0 Å². The van der Waals surface area contributed by atoms with Crippen LogP contribution in [0.5, 0.6) is 0 Å². The summed E-state index contributed by atoms with van der Waals surface area (Å²) in [7, 11) is 0. The van der Waals surface area contributed by atoms with Crippen molar-refractivity contribution < 1.29 is 0 Å². The molecule has 4 nitrogen and oxygen atoms in total. The highest BCUT2D eigenvalue weighted by Crippen LogP contribution is 2.29. The molecule has 0 amide bonds. The fourth-order valence-electron chi connectivity index (χ4n) is 2.37. The number of aromatic amines is 1. The third-order valence-electron chi connectivity index (χ3n) is 3.28. The van der Waals surface area contributed by atoms with E-state index in [-0.39, 0.29) is 0 Å². The van der Waals surface area contributed by atoms with Crippen molar-refractivity contribution in [3.63, 3.8) is 0 Å². The van der Waals surface area contributed by atoms with Crippen molar-refractivity contribution in [2.75, 3.05) is 6.54 Å². The molecule has 0 aliphatic rings. The van der Waals surface area contributed by atoms with Gasteiger partial charge in [0.1, 0.15) is 0 Å². The first kappa shape index (κ1) is 11.9. The molecule has 0 unspecified atom stereocenters. The van der Waals surface area contributed by atoms with Gasteiger partial charge in [0.15, 0.2) is 0 Å². The zero-order chi connectivity index (χ0) is 13.2. The molecule has 0 spiro atoms. The molecule has 2 heterocycles. The zero-order valence-corrected chi connectivity index (χ0v) is 10.9. The third kappa shape index (κ3) is 2.11. The second-order valence-corrected chi connectivity index (χ2v) is 4.63. The quantitative estimate of drug-likeness (QED) is 0.752. The van der Waals surface area contributed by atoms with E-state index in [0.717, 1.165) is 28.9 Å². The van der Waals surface area contributed by atoms with Gasteiger partial charge in [0, 0.05) is 35.3 Å². The van der Waals surface area contributed by atoms with Crippen LogP contribution in [0, 0.1) is 6.92 Å². The lowest BCUT2D eigenvalue weighted by atomic mass is 10.1. The van der Waals surface area contributed by atoms with Crippen molar-refractivity contribution >= 4 is 10.9 Å². The number of nitrogens with one attached hydrogen (secondary N) is 1. The van der Waals surface area contributed by atoms with Crippen molar-refractivity contribution in [2.24, 2.45) is 5.73 Å². The van der Waals surface area contributed by atoms with Crippen molar-refractivity contribution in [1.82, 2.24) is 15.0 Å². The minimum atomic E-state index is 0.588. The Labute approximate surface area is 111 Å². The van der Waals surface area contributed by atoms with Gasteiger partial charge in [-0.05, 0) is 25.1 Å². The van der Waals surface area contributed by atoms with Crippen LogP contribution in [0.25, 0.3) is 22.2 Å². The van der Waals surface area contributed by atoms with Crippen LogP contribution < -0.4 is 5.73 Å². The van der Waals surface area contributed by atoms with Crippen molar-refractivity contribution in [1.29, 1.82) is 0 Å². The van der Waals surface area contributed by atoms with Gasteiger partial charge < -0.3 is 10.7 Å². The van der Waals surface area contributed by atoms with E-state index < -0.39 is 0 Å². The Bertz CT molecular complexity index is 715. The first-order valence-corrected chi connectivity index (χ1v) is 6.37. The van der Waals surface area contributed by atoms with Gasteiger partial charge in [-0.15, -0.1) is 0 Å². The Morgan fingerprint density at radius 3 is 3.00 bits per heavy atom. The van der Waals surface area contributed by atoms with Gasteiger partial charge in [0.25, 0.3) is 0 Å². The van der Waals surface area contributed by atoms with E-state index in [1.54, 1.807) is 12.4 Å². The number of aromatic nitrogens is 3. The Balaban J connectivity index is 2.16. The summed E-state index contributed by atoms with van der Waals surface area (Å²) >= 11 is 0. The number of aryl methyl sites for hydroxylation is 1. The number of nitrogens with zero attached hydrogens (tertiary/aromatic N) is 2. The minimum Gasteiger partial charge on any atom is -0.360 e. The van der Waals surface area contributed by atoms with Crippen molar-refractivity contribution in [2.45, 2.75) is 13.3 Å². The second-order valence-electron chi connectivity index (χ2n) is 4.63. The smallest absolute Gasteiger partial charge is 0.0910 e. The van der Waals surface area contributed by atoms with Crippen LogP contribution in [0.4, 0.5) is 0 Å². The first-order valence-electron chi connectivity index (χ1n) is 6.37. The molecule has 1 aromatic carbocycles. The highest BCUT2D eigenvalue weighted by Gasteiger charge is 2.10. The number of benzene rings is 1. The summed E-state index contributed by atoms with van der Waals surface area (Å²) in [5.74, 6) is 0. The molecule has 0 radical (unpaired) electrons. The summed E-state index contributed by atoms with van der Waals surface area (Å²) in [5.41, 5.74) is 10.9. The molecule has 0 aliphatic carbocycles. The van der Waals surface area contributed by atoms with Gasteiger partial charge in [-0.25, -0.2) is 4.98 Å². The molecule has 3 N–H and O–H groups in total. The topological polar surface area (TPSA) is 67.6 Å². The van der Waals surface area contributed by atoms with Gasteiger partial charge in [-0.3, -0.25) is 4.98 Å². The number of fused-ring (bicyclic) bond motifs is 1. The highest BCUT2D eigenvalue weighted by atomic mass is 14.8. The van der Waals surface area contributed by atoms with Crippen LogP contribution in [0.1, 0.15) is 11.3 Å². The van der Waals surface area contributed by atoms with E-state index in [1.807, 2.05) is 6.20 Å². The number of hydrogen-bond acceptors (Lipinski definition) is 3. The maximum atomic E-state index is 5.57. The SMILES string of the molecule is Cc1cccc2[nH]cc(-c3cncc(CCN)n3)c12. The van der Waals surface area contributed by atoms with Crippen LogP contribution in [0.15, 0.2) is 36.8 Å². The average molecular weight is 252 g/mol. The third-order valence-corrected chi connectivity index (χ3v) is 3.28. The fraction of sp³-hybridized carbons (Fsp3) is 0.200. The number of H-pyrrole nitrogens is 1. The highest BCUT2D eigenvalue weighted by molar-refractivity contribution is 5.96. The Morgan fingerprint density at radius 2 is 2.16 bits per heavy atom. The van der Waals surface area contributed by atoms with Crippen LogP contribution in [-0.4, -0.2) is 21.5 Å². The fourth-order valence-corrected chi connectivity index (χ4v) is 2.37. The molecule has 0 saturated carbocycles. The lowest BCUT2D eigenvalue weighted by Gasteiger charge is -2.03. The first-order chi connectivity index (χ1) is 9.29. The number of hydrogen-bond donors (Lipinski definition) is 2. The molecule has 0 bridgehead atoms. The predicted octanol–water partition coefficient (Wildman–Crippen LogP) is 2.43. The molecule has 3 aromatic rings. The van der Waals surface area contributed by atoms with Gasteiger partial charge in [-0.2, -0.15) is 0 Å². The van der Waals surface area contributed by atoms with Crippen LogP contribution in [-0.2, 0) is 6.42 Å². The predicted molar refractivity (Wildman–Crippen MR) is 76.8 cm³/mol. The van der Waals surface area contributed by atoms with Gasteiger partial charge in [0.05, 0.1) is 17.6 Å². The van der Waals surface area contributed by atoms with E-state index in [4.69, 9.17) is 5.73 Å². The van der Waals surface area contributed by atoms with Crippen LogP contribution >= 0.6 is 0 Å². The Kier molecular flexibility index (Phi) is 3.01. The summed E-state index contributed by atoms with van der Waals surface area (Å²) in [6.07, 6.45) is 6.32. The molecule has 0 aliphatic heterocycles. The van der Waals surface area contributed by atoms with Gasteiger partial charge >= 0.3 is 0 Å². The second kappa shape index (κ2) is 4.82. The van der Waals surface area contributed by atoms with Crippen LogP contribution in [0.2, 0.25) is 0 Å². The number of rotatable bonds is 3. The molecule has 0 atom stereocenters. The lowest BCUT2D eigenvalue weighted by molar-refractivity contribution is 0.911. The number of nitrogens with two attached hydrogens (primary N) is 1. The van der Waals surface area contributed by atoms with Crippen molar-refractivity contribution in [3.8, 4) is 11.3 Å². The monoisotopic (exact) mass is 252 g/mol. The Morgan fingerprint density at radius 1 is 1.26 bits per heavy atom. The van der Waals surface area contributed by atoms with Gasteiger partial charge in [0.2, 0.25) is 0 Å². The molecule has 4 heteroatoms. The zero-order valence-electron chi connectivity index (χ0n) is 10.9. The molecule has 2 aromatic heterocycles. The van der Waals surface area contributed by atoms with E-state index >= 15 is 0 Å². The molecule has 19 heavy (non-hydrogen) atoms. The molecule has 96 valence electrons.